The molecule has 2 nitrogen and oxygen atoms in total. The lowest BCUT2D eigenvalue weighted by Crippen LogP contribution is -2.08. The van der Waals surface area contributed by atoms with Gasteiger partial charge < -0.3 is 4.74 Å². The van der Waals surface area contributed by atoms with Gasteiger partial charge in [-0.25, -0.2) is 4.79 Å². The van der Waals surface area contributed by atoms with Gasteiger partial charge in [0.15, 0.2) is 0 Å². The van der Waals surface area contributed by atoms with Crippen molar-refractivity contribution in [3.8, 4) is 5.75 Å². The van der Waals surface area contributed by atoms with Crippen LogP contribution < -0.4 is 4.74 Å². The predicted octanol–water partition coefficient (Wildman–Crippen LogP) is 4.99. The van der Waals surface area contributed by atoms with Crippen molar-refractivity contribution in [1.82, 2.24) is 0 Å². The Bertz CT molecular complexity index is 637. The molecule has 2 aromatic rings. The van der Waals surface area contributed by atoms with Crippen LogP contribution in [0.4, 0.5) is 0 Å². The van der Waals surface area contributed by atoms with E-state index in [1.165, 1.54) is 17.1 Å². The van der Waals surface area contributed by atoms with Crippen molar-refractivity contribution >= 4 is 52.1 Å². The topological polar surface area (TPSA) is 26.3 Å². The summed E-state index contributed by atoms with van der Waals surface area (Å²) in [5, 5.41) is 0. The molecule has 0 unspecified atom stereocenters. The molecule has 1 aliphatic rings. The highest BCUT2D eigenvalue weighted by Gasteiger charge is 2.18. The SMILES string of the molecule is O=C(Oc1ccc(C2SCCS2)cc1)c1cccc(I)c1. The molecule has 0 amide bonds. The van der Waals surface area contributed by atoms with Crippen molar-refractivity contribution < 1.29 is 9.53 Å². The van der Waals surface area contributed by atoms with Crippen LogP contribution in [0.15, 0.2) is 48.5 Å². The zero-order chi connectivity index (χ0) is 14.7. The average molecular weight is 428 g/mol. The highest BCUT2D eigenvalue weighted by molar-refractivity contribution is 14.1. The third-order valence-corrected chi connectivity index (χ3v) is 6.82. The molecule has 1 aliphatic heterocycles. The van der Waals surface area contributed by atoms with Gasteiger partial charge in [0.2, 0.25) is 0 Å². The first-order chi connectivity index (χ1) is 10.2. The summed E-state index contributed by atoms with van der Waals surface area (Å²) >= 11 is 6.12. The second-order valence-corrected chi connectivity index (χ2v) is 8.51. The van der Waals surface area contributed by atoms with Crippen LogP contribution in [-0.4, -0.2) is 17.5 Å². The van der Waals surface area contributed by atoms with E-state index in [1.807, 2.05) is 66.0 Å². The third kappa shape index (κ3) is 3.96. The monoisotopic (exact) mass is 428 g/mol. The van der Waals surface area contributed by atoms with Crippen molar-refractivity contribution in [2.45, 2.75) is 4.58 Å². The Morgan fingerprint density at radius 3 is 2.48 bits per heavy atom. The first-order valence-electron chi connectivity index (χ1n) is 6.53. The van der Waals surface area contributed by atoms with E-state index >= 15 is 0 Å². The fraction of sp³-hybridized carbons (Fsp3) is 0.188. The fourth-order valence-corrected chi connectivity index (χ4v) is 5.43. The largest absolute Gasteiger partial charge is 0.423 e. The van der Waals surface area contributed by atoms with Crippen molar-refractivity contribution in [3.05, 3.63) is 63.2 Å². The van der Waals surface area contributed by atoms with E-state index in [9.17, 15) is 4.79 Å². The second-order valence-electron chi connectivity index (χ2n) is 4.54. The van der Waals surface area contributed by atoms with Gasteiger partial charge >= 0.3 is 5.97 Å². The summed E-state index contributed by atoms with van der Waals surface area (Å²) in [5.41, 5.74) is 1.87. The predicted molar refractivity (Wildman–Crippen MR) is 98.2 cm³/mol. The number of halogens is 1. The van der Waals surface area contributed by atoms with E-state index in [0.717, 1.165) is 3.57 Å². The summed E-state index contributed by atoms with van der Waals surface area (Å²) in [7, 11) is 0. The summed E-state index contributed by atoms with van der Waals surface area (Å²) in [4.78, 5) is 12.1. The van der Waals surface area contributed by atoms with Crippen LogP contribution in [0.3, 0.4) is 0 Å². The Hall–Kier alpha value is -0.660. The van der Waals surface area contributed by atoms with E-state index < -0.39 is 0 Å². The molecule has 0 aromatic heterocycles. The van der Waals surface area contributed by atoms with Gasteiger partial charge in [-0.1, -0.05) is 18.2 Å². The zero-order valence-electron chi connectivity index (χ0n) is 11.1. The van der Waals surface area contributed by atoms with Crippen molar-refractivity contribution in [2.24, 2.45) is 0 Å². The Balaban J connectivity index is 1.68. The van der Waals surface area contributed by atoms with Gasteiger partial charge in [-0.05, 0) is 58.5 Å². The van der Waals surface area contributed by atoms with Crippen molar-refractivity contribution in [3.63, 3.8) is 0 Å². The molecular formula is C16H13IO2S2. The molecular weight excluding hydrogens is 415 g/mol. The van der Waals surface area contributed by atoms with Crippen LogP contribution in [0.2, 0.25) is 0 Å². The third-order valence-electron chi connectivity index (χ3n) is 3.04. The Labute approximate surface area is 146 Å². The maximum absolute atomic E-state index is 12.1. The van der Waals surface area contributed by atoms with Crippen LogP contribution in [-0.2, 0) is 0 Å². The molecule has 0 N–H and O–H groups in total. The quantitative estimate of drug-likeness (QED) is 0.391. The molecule has 1 saturated heterocycles. The molecule has 0 aliphatic carbocycles. The Morgan fingerprint density at radius 1 is 1.10 bits per heavy atom. The average Bonchev–Trinajstić information content (AvgIpc) is 3.02. The number of esters is 1. The van der Waals surface area contributed by atoms with Gasteiger partial charge in [-0.3, -0.25) is 0 Å². The number of carbonyl (C=O) groups excluding carboxylic acids is 1. The highest BCUT2D eigenvalue weighted by atomic mass is 127. The number of thioether (sulfide) groups is 2. The zero-order valence-corrected chi connectivity index (χ0v) is 14.9. The summed E-state index contributed by atoms with van der Waals surface area (Å²) in [5.74, 6) is 2.69. The molecule has 0 radical (unpaired) electrons. The van der Waals surface area contributed by atoms with E-state index in [-0.39, 0.29) is 5.97 Å². The van der Waals surface area contributed by atoms with E-state index in [0.29, 0.717) is 15.9 Å². The molecule has 1 heterocycles. The van der Waals surface area contributed by atoms with Gasteiger partial charge in [0, 0.05) is 15.1 Å². The molecule has 0 saturated carbocycles. The summed E-state index contributed by atoms with van der Waals surface area (Å²) in [6.07, 6.45) is 0. The van der Waals surface area contributed by atoms with Gasteiger partial charge in [-0.15, -0.1) is 23.5 Å². The lowest BCUT2D eigenvalue weighted by atomic mass is 10.2. The Morgan fingerprint density at radius 2 is 1.81 bits per heavy atom. The van der Waals surface area contributed by atoms with Gasteiger partial charge in [-0.2, -0.15) is 0 Å². The molecule has 0 atom stereocenters. The summed E-state index contributed by atoms with van der Waals surface area (Å²) in [6, 6.07) is 15.2. The van der Waals surface area contributed by atoms with Crippen LogP contribution in [0.5, 0.6) is 5.75 Å². The Kier molecular flexibility index (Phi) is 5.13. The number of carbonyl (C=O) groups is 1. The summed E-state index contributed by atoms with van der Waals surface area (Å²) < 4.78 is 6.96. The lowest BCUT2D eigenvalue weighted by molar-refractivity contribution is 0.0734. The van der Waals surface area contributed by atoms with Crippen molar-refractivity contribution in [1.29, 1.82) is 0 Å². The number of ether oxygens (including phenoxy) is 1. The molecule has 108 valence electrons. The number of benzene rings is 2. The standard InChI is InChI=1S/C16H13IO2S2/c17-13-3-1-2-12(10-13)15(18)19-14-6-4-11(5-7-14)16-20-8-9-21-16/h1-7,10,16H,8-9H2. The summed E-state index contributed by atoms with van der Waals surface area (Å²) in [6.45, 7) is 0. The van der Waals surface area contributed by atoms with Crippen LogP contribution in [0.1, 0.15) is 20.5 Å². The molecule has 0 spiro atoms. The first kappa shape index (κ1) is 15.2. The fourth-order valence-electron chi connectivity index (χ4n) is 2.03. The minimum absolute atomic E-state index is 0.314. The van der Waals surface area contributed by atoms with Gasteiger partial charge in [0.25, 0.3) is 0 Å². The van der Waals surface area contributed by atoms with Crippen molar-refractivity contribution in [2.75, 3.05) is 11.5 Å². The first-order valence-corrected chi connectivity index (χ1v) is 9.71. The minimum atomic E-state index is -0.314. The maximum atomic E-state index is 12.1. The molecule has 5 heteroatoms. The normalized spacial score (nSPS) is 15.1. The maximum Gasteiger partial charge on any atom is 0.343 e. The minimum Gasteiger partial charge on any atom is -0.423 e. The van der Waals surface area contributed by atoms with Gasteiger partial charge in [0.1, 0.15) is 5.75 Å². The number of hydrogen-bond acceptors (Lipinski definition) is 4. The molecule has 0 bridgehead atoms. The van der Waals surface area contributed by atoms with E-state index in [1.54, 1.807) is 6.07 Å². The van der Waals surface area contributed by atoms with Crippen LogP contribution in [0, 0.1) is 3.57 Å². The smallest absolute Gasteiger partial charge is 0.343 e. The molecule has 21 heavy (non-hydrogen) atoms. The highest BCUT2D eigenvalue weighted by Crippen LogP contribution is 2.45. The number of rotatable bonds is 3. The van der Waals surface area contributed by atoms with Crippen LogP contribution in [0.25, 0.3) is 0 Å². The van der Waals surface area contributed by atoms with E-state index in [4.69, 9.17) is 4.74 Å². The van der Waals surface area contributed by atoms with Crippen LogP contribution >= 0.6 is 46.1 Å². The number of hydrogen-bond donors (Lipinski definition) is 0. The lowest BCUT2D eigenvalue weighted by Gasteiger charge is -2.09. The van der Waals surface area contributed by atoms with Gasteiger partial charge in [0.05, 0.1) is 10.1 Å². The second kappa shape index (κ2) is 7.07. The molecule has 2 aromatic carbocycles. The molecule has 1 fully saturated rings. The molecule has 3 rings (SSSR count). The van der Waals surface area contributed by atoms with E-state index in [2.05, 4.69) is 22.6 Å².